The molecule has 6 rings (SSSR count). The van der Waals surface area contributed by atoms with Gasteiger partial charge in [0.25, 0.3) is 11.8 Å². The molecule has 2 aliphatic rings. The fourth-order valence-corrected chi connectivity index (χ4v) is 12.1. The highest BCUT2D eigenvalue weighted by Gasteiger charge is 2.54. The molecule has 0 aliphatic carbocycles. The molecule has 0 unspecified atom stereocenters. The first kappa shape index (κ1) is 77.7. The van der Waals surface area contributed by atoms with E-state index in [2.05, 4.69) is 74.3 Å². The lowest BCUT2D eigenvalue weighted by Gasteiger charge is -2.47. The van der Waals surface area contributed by atoms with E-state index in [-0.39, 0.29) is 64.9 Å². The van der Waals surface area contributed by atoms with E-state index in [1.165, 1.54) is 50.4 Å². The van der Waals surface area contributed by atoms with Crippen LogP contribution in [0.25, 0.3) is 10.7 Å². The Balaban J connectivity index is 1.26. The van der Waals surface area contributed by atoms with E-state index in [1.807, 2.05) is 0 Å². The van der Waals surface area contributed by atoms with Crippen LogP contribution in [0.15, 0.2) is 23.3 Å². The third kappa shape index (κ3) is 20.6. The molecule has 4 aromatic rings. The summed E-state index contributed by atoms with van der Waals surface area (Å²) in [5.41, 5.74) is 28.1. The lowest BCUT2D eigenvalue weighted by molar-refractivity contribution is -0.372. The monoisotopic (exact) mass is 1410 g/mol. The van der Waals surface area contributed by atoms with Gasteiger partial charge in [-0.3, -0.25) is 33.6 Å². The van der Waals surface area contributed by atoms with Gasteiger partial charge in [-0.15, -0.1) is 22.7 Å². The highest BCUT2D eigenvalue weighted by molar-refractivity contribution is 7.95. The summed E-state index contributed by atoms with van der Waals surface area (Å²) in [5, 5.41) is 108. The molecular weight excluding hydrogens is 1330 g/mol. The lowest BCUT2D eigenvalue weighted by atomic mass is 9.96. The van der Waals surface area contributed by atoms with Gasteiger partial charge in [-0.1, -0.05) is 6.92 Å². The second-order valence-corrected chi connectivity index (χ2v) is 27.0. The fraction of sp³-hybridized carbons (Fsp3) is 0.618. The van der Waals surface area contributed by atoms with Crippen molar-refractivity contribution in [2.24, 2.45) is 28.9 Å². The van der Waals surface area contributed by atoms with Crippen molar-refractivity contribution in [3.8, 4) is 10.7 Å². The lowest BCUT2D eigenvalue weighted by Crippen LogP contribution is -2.65. The number of aromatic nitrogens is 6. The average molecular weight is 1420 g/mol. The van der Waals surface area contributed by atoms with Crippen LogP contribution in [0.4, 0.5) is 10.6 Å². The topological polar surface area (TPSA) is 627 Å². The smallest absolute Gasteiger partial charge is 0.404 e. The number of aromatic amines is 1. The van der Waals surface area contributed by atoms with E-state index >= 15 is 4.79 Å². The van der Waals surface area contributed by atoms with Crippen molar-refractivity contribution in [1.29, 1.82) is 0 Å². The molecule has 0 radical (unpaired) electrons. The number of carbonyl (C=O) groups excluding carboxylic acids is 8. The highest BCUT2D eigenvalue weighted by atomic mass is 32.2. The maximum atomic E-state index is 15.2. The highest BCUT2D eigenvalue weighted by Crippen LogP contribution is 2.35. The molecule has 0 bridgehead atoms. The summed E-state index contributed by atoms with van der Waals surface area (Å²) in [4.78, 5) is 131. The molecule has 25 N–H and O–H groups in total. The summed E-state index contributed by atoms with van der Waals surface area (Å²) < 4.78 is 28.7. The minimum Gasteiger partial charge on any atom is -0.441 e. The van der Waals surface area contributed by atoms with Gasteiger partial charge in [0.05, 0.1) is 85.2 Å². The maximum Gasteiger partial charge on any atom is 0.404 e. The SMILES string of the molecule is Cc1c(N)nc([C@H](CC(N)=O)NC[C@H](N)C(N)=O)nc1C(=O)N[C@H](C(=O)N[C@H](C)[C@@H](O)[C@H](C)C(=O)N[C@H](C(=O)NCCc1nc(-c2nc(C(=O)NCCC[S+](C)C)cs2)cs1)[C@@H](C)O)[C@H](O[C@@H]1O[C@@H](CO)[C@@H](O)[C@H](O)[C@@H]1O[C@H]1O[C@H](CO)[C@@H](O)[C@H](OC(N)=O)[C@@H]1O)c1cnc[nH]1. The third-order valence-electron chi connectivity index (χ3n) is 15.3. The predicted molar refractivity (Wildman–Crippen MR) is 339 cm³/mol. The molecule has 0 aromatic carbocycles. The summed E-state index contributed by atoms with van der Waals surface area (Å²) in [6, 6.07) is -7.85. The van der Waals surface area contributed by atoms with Gasteiger partial charge in [0.15, 0.2) is 18.7 Å². The number of hydrogen-bond acceptors (Lipinski definition) is 31. The van der Waals surface area contributed by atoms with Gasteiger partial charge in [0, 0.05) is 55.2 Å². The van der Waals surface area contributed by atoms with Crippen LogP contribution in [0.5, 0.6) is 0 Å². The zero-order valence-corrected chi connectivity index (χ0v) is 55.3. The average Bonchev–Trinajstić information content (AvgIpc) is 0.885. The van der Waals surface area contributed by atoms with E-state index in [1.54, 1.807) is 10.8 Å². The van der Waals surface area contributed by atoms with E-state index in [4.69, 9.17) is 52.4 Å². The van der Waals surface area contributed by atoms with Gasteiger partial charge in [-0.05, 0) is 31.7 Å². The standard InChI is InChI=1S/C55H83N17O21S3/c1-20-33(69-46(72-44(20)58)25(12-31(57)76)64-13-24(56)45(59)82)50(86)71-35(41(26-14-61-19-65-26)91-54-43(39(80)37(78)29(15-73)90-54)92-53-40(81)42(93-55(60)88)38(79)30(16-74)89-53)51(87)66-22(3)36(77)21(2)47(83)70-34(23(4)75)49(85)63-10-8-32-67-28(18-94-32)52-68-27(17-95-52)48(84)62-9-7-11-96(5)6/h14,17-19,21-25,29-30,34-43,53-54,64,73-75,77-81H,7-13,15-16,56H2,1-6H3,(H13-,57,58,59,60,61,62,63,65,66,69,70,71,72,76,82,83,84,85,86,87,88)/p+1/t21-,22+,23+,24-,25-,29-,30+,34-,35-,36-,37+,38+,39-,40-,41+,42-,43-,53+,54-/m0/s1. The van der Waals surface area contributed by atoms with Crippen LogP contribution in [0.1, 0.15) is 88.8 Å². The normalized spacial score (nSPS) is 24.0. The number of aliphatic hydroxyl groups is 8. The number of H-pyrrole nitrogens is 1. The number of amides is 8. The minimum absolute atomic E-state index is 0.00498. The number of anilines is 1. The summed E-state index contributed by atoms with van der Waals surface area (Å²) in [6.07, 6.45) is -20.0. The molecule has 96 heavy (non-hydrogen) atoms. The van der Waals surface area contributed by atoms with Crippen LogP contribution in [-0.4, -0.2) is 267 Å². The number of ether oxygens (including phenoxy) is 5. The van der Waals surface area contributed by atoms with Crippen molar-refractivity contribution in [3.63, 3.8) is 0 Å². The van der Waals surface area contributed by atoms with E-state index < -0.39 is 183 Å². The number of carbonyl (C=O) groups is 8. The second-order valence-electron chi connectivity index (χ2n) is 22.8. The quantitative estimate of drug-likeness (QED) is 0.0150. The van der Waals surface area contributed by atoms with Crippen molar-refractivity contribution >= 4 is 86.8 Å². The first-order valence-electron chi connectivity index (χ1n) is 29.8. The maximum absolute atomic E-state index is 15.2. The Hall–Kier alpha value is -7.30. The number of aliphatic hydroxyl groups excluding tert-OH is 8. The molecule has 41 heteroatoms. The molecule has 532 valence electrons. The summed E-state index contributed by atoms with van der Waals surface area (Å²) in [6.45, 7) is 3.18. The van der Waals surface area contributed by atoms with Crippen molar-refractivity contribution in [2.45, 2.75) is 157 Å². The molecule has 8 amide bonds. The Bertz CT molecular complexity index is 3280. The van der Waals surface area contributed by atoms with Gasteiger partial charge in [0.2, 0.25) is 29.5 Å². The molecule has 4 aromatic heterocycles. The molecule has 19 atom stereocenters. The van der Waals surface area contributed by atoms with Crippen LogP contribution in [0, 0.1) is 12.8 Å². The Morgan fingerprint density at radius 1 is 0.781 bits per heavy atom. The molecule has 2 saturated heterocycles. The zero-order chi connectivity index (χ0) is 71.0. The Labute approximate surface area is 559 Å². The minimum atomic E-state index is -2.20. The molecule has 0 saturated carbocycles. The van der Waals surface area contributed by atoms with Crippen LogP contribution >= 0.6 is 22.7 Å². The number of nitrogen functional groups attached to an aromatic ring is 1. The van der Waals surface area contributed by atoms with Gasteiger partial charge >= 0.3 is 6.09 Å². The zero-order valence-electron chi connectivity index (χ0n) is 52.9. The summed E-state index contributed by atoms with van der Waals surface area (Å²) >= 11 is 2.52. The first-order chi connectivity index (χ1) is 45.3. The Kier molecular flexibility index (Phi) is 29.0. The van der Waals surface area contributed by atoms with Crippen LogP contribution in [-0.2, 0) is 65.0 Å². The van der Waals surface area contributed by atoms with E-state index in [9.17, 15) is 74.4 Å². The first-order valence-corrected chi connectivity index (χ1v) is 33.8. The number of primary amides is 3. The van der Waals surface area contributed by atoms with Gasteiger partial charge in [0.1, 0.15) is 100 Å². The molecule has 38 nitrogen and oxygen atoms in total. The number of thiazole rings is 2. The summed E-state index contributed by atoms with van der Waals surface area (Å²) in [7, 11) is 0.254. The van der Waals surface area contributed by atoms with Crippen molar-refractivity contribution in [2.75, 3.05) is 56.8 Å². The van der Waals surface area contributed by atoms with Crippen LogP contribution < -0.4 is 60.6 Å². The number of nitrogens with two attached hydrogens (primary N) is 5. The van der Waals surface area contributed by atoms with Crippen molar-refractivity contribution < 1.29 is 103 Å². The fourth-order valence-electron chi connectivity index (χ4n) is 9.80. The number of rotatable bonds is 35. The Morgan fingerprint density at radius 3 is 2.09 bits per heavy atom. The van der Waals surface area contributed by atoms with Gasteiger partial charge in [-0.25, -0.2) is 29.7 Å². The third-order valence-corrected chi connectivity index (χ3v) is 18.2. The molecule has 0 spiro atoms. The van der Waals surface area contributed by atoms with E-state index in [0.29, 0.717) is 22.3 Å². The second kappa shape index (κ2) is 35.8. The number of nitrogens with one attached hydrogen (secondary N) is 7. The molecule has 6 heterocycles. The predicted octanol–water partition coefficient (Wildman–Crippen LogP) is -7.70. The largest absolute Gasteiger partial charge is 0.441 e. The molecule has 2 fully saturated rings. The van der Waals surface area contributed by atoms with Gasteiger partial charge < -0.3 is 130 Å². The Morgan fingerprint density at radius 2 is 1.47 bits per heavy atom. The summed E-state index contributed by atoms with van der Waals surface area (Å²) in [5.74, 6) is -7.69. The van der Waals surface area contributed by atoms with Crippen LogP contribution in [0.3, 0.4) is 0 Å². The molecule has 2 aliphatic heterocycles. The van der Waals surface area contributed by atoms with Gasteiger partial charge in [-0.2, -0.15) is 0 Å². The number of hydrogen-bond donors (Lipinski definition) is 20. The van der Waals surface area contributed by atoms with E-state index in [0.717, 1.165) is 24.7 Å². The molecular formula is C55H84N17O21S3+. The van der Waals surface area contributed by atoms with Crippen LogP contribution in [0.2, 0.25) is 0 Å². The van der Waals surface area contributed by atoms with Crippen molar-refractivity contribution in [3.05, 3.63) is 56.8 Å². The number of nitrogens with zero attached hydrogens (tertiary/aromatic N) is 5. The number of imidazole rings is 1. The van der Waals surface area contributed by atoms with Crippen molar-refractivity contribution in [1.82, 2.24) is 61.8 Å².